The van der Waals surface area contributed by atoms with Crippen LogP contribution >= 0.6 is 69.8 Å². The first-order valence-corrected chi connectivity index (χ1v) is 9.95. The van der Waals surface area contributed by atoms with Gasteiger partial charge in [0.2, 0.25) is 0 Å². The van der Waals surface area contributed by atoms with Crippen molar-refractivity contribution in [2.45, 2.75) is 6.54 Å². The molecule has 1 aliphatic rings. The van der Waals surface area contributed by atoms with E-state index in [0.29, 0.717) is 15.6 Å². The fourth-order valence-electron chi connectivity index (χ4n) is 2.31. The summed E-state index contributed by atoms with van der Waals surface area (Å²) >= 11 is 30.7. The summed E-state index contributed by atoms with van der Waals surface area (Å²) in [5.74, 6) is -0.890. The Kier molecular flexibility index (Phi) is 6.21. The molecule has 0 aliphatic carbocycles. The van der Waals surface area contributed by atoms with Crippen LogP contribution in [0.5, 0.6) is 5.75 Å². The summed E-state index contributed by atoms with van der Waals surface area (Å²) in [6.07, 6.45) is 1.34. The van der Waals surface area contributed by atoms with Gasteiger partial charge < -0.3 is 5.11 Å². The number of phenols is 1. The van der Waals surface area contributed by atoms with Gasteiger partial charge in [0.05, 0.1) is 26.5 Å². The normalized spacial score (nSPS) is 15.9. The van der Waals surface area contributed by atoms with Crippen LogP contribution in [0.4, 0.5) is 4.79 Å². The summed E-state index contributed by atoms with van der Waals surface area (Å²) in [6.45, 7) is -0.00859. The van der Waals surface area contributed by atoms with E-state index >= 15 is 0 Å². The first-order chi connectivity index (χ1) is 12.7. The highest BCUT2D eigenvalue weighted by molar-refractivity contribution is 8.18. The number of halogens is 5. The molecule has 1 fully saturated rings. The number of carbonyl (C=O) groups is 2. The molecule has 0 radical (unpaired) electrons. The van der Waals surface area contributed by atoms with Gasteiger partial charge in [-0.3, -0.25) is 14.5 Å². The number of nitrogens with zero attached hydrogens (tertiary/aromatic N) is 1. The lowest BCUT2D eigenvalue weighted by molar-refractivity contribution is -0.123. The van der Waals surface area contributed by atoms with Crippen LogP contribution in [0, 0.1) is 0 Å². The number of benzene rings is 2. The van der Waals surface area contributed by atoms with Gasteiger partial charge in [0.15, 0.2) is 5.75 Å². The van der Waals surface area contributed by atoms with Crippen molar-refractivity contribution in [2.24, 2.45) is 0 Å². The zero-order chi connectivity index (χ0) is 19.9. The van der Waals surface area contributed by atoms with Gasteiger partial charge in [-0.25, -0.2) is 0 Å². The van der Waals surface area contributed by atoms with E-state index in [1.165, 1.54) is 18.2 Å². The quantitative estimate of drug-likeness (QED) is 0.483. The Balaban J connectivity index is 1.93. The topological polar surface area (TPSA) is 57.6 Å². The number of thioether (sulfide) groups is 1. The fourth-order valence-corrected chi connectivity index (χ4v) is 4.48. The molecule has 10 heteroatoms. The number of aromatic hydroxyl groups is 1. The van der Waals surface area contributed by atoms with E-state index in [0.717, 1.165) is 16.7 Å². The second kappa shape index (κ2) is 8.11. The van der Waals surface area contributed by atoms with Crippen molar-refractivity contribution in [3.8, 4) is 5.75 Å². The molecule has 0 spiro atoms. The summed E-state index contributed by atoms with van der Waals surface area (Å²) < 4.78 is 0. The standard InChI is InChI=1S/C17H8Cl5NO3S/c18-8-2-1-7(10(19)3-8)6-23-16(25)13(27-17(23)26)4-9-11(20)5-12(21)15(24)14(9)22/h1-5,24H,6H2/b13-4-. The zero-order valence-electron chi connectivity index (χ0n) is 13.1. The highest BCUT2D eigenvalue weighted by Crippen LogP contribution is 2.42. The van der Waals surface area contributed by atoms with Crippen molar-refractivity contribution in [3.05, 3.63) is 65.4 Å². The minimum Gasteiger partial charge on any atom is -0.505 e. The number of amides is 2. The lowest BCUT2D eigenvalue weighted by Crippen LogP contribution is -2.27. The molecule has 1 aliphatic heterocycles. The first kappa shape index (κ1) is 20.6. The SMILES string of the molecule is O=C1S/C(=C\c2c(Cl)cc(Cl)c(O)c2Cl)C(=O)N1Cc1ccc(Cl)cc1Cl. The number of phenolic OH excluding ortho intramolecular Hbond substituents is 1. The Morgan fingerprint density at radius 1 is 1.00 bits per heavy atom. The zero-order valence-corrected chi connectivity index (χ0v) is 17.7. The van der Waals surface area contributed by atoms with Crippen LogP contribution in [0.15, 0.2) is 29.2 Å². The molecule has 0 atom stereocenters. The molecule has 0 aromatic heterocycles. The highest BCUT2D eigenvalue weighted by Gasteiger charge is 2.35. The highest BCUT2D eigenvalue weighted by atomic mass is 35.5. The lowest BCUT2D eigenvalue weighted by atomic mass is 10.1. The summed E-state index contributed by atoms with van der Waals surface area (Å²) in [4.78, 5) is 26.1. The van der Waals surface area contributed by atoms with Crippen LogP contribution < -0.4 is 0 Å². The van der Waals surface area contributed by atoms with Crippen LogP contribution in [0.3, 0.4) is 0 Å². The van der Waals surface area contributed by atoms with Gasteiger partial charge in [-0.1, -0.05) is 64.1 Å². The molecule has 2 aromatic rings. The van der Waals surface area contributed by atoms with Crippen molar-refractivity contribution < 1.29 is 14.7 Å². The molecule has 4 nitrogen and oxygen atoms in total. The van der Waals surface area contributed by atoms with Crippen LogP contribution in [0.25, 0.3) is 6.08 Å². The van der Waals surface area contributed by atoms with Gasteiger partial charge >= 0.3 is 0 Å². The molecule has 0 saturated carbocycles. The first-order valence-electron chi connectivity index (χ1n) is 7.24. The fraction of sp³-hybridized carbons (Fsp3) is 0.0588. The Labute approximate surface area is 183 Å². The maximum Gasteiger partial charge on any atom is 0.293 e. The molecule has 1 N–H and O–H groups in total. The third kappa shape index (κ3) is 4.19. The van der Waals surface area contributed by atoms with Crippen molar-refractivity contribution in [3.63, 3.8) is 0 Å². The average molecular weight is 484 g/mol. The smallest absolute Gasteiger partial charge is 0.293 e. The second-order valence-electron chi connectivity index (χ2n) is 5.42. The summed E-state index contributed by atoms with van der Waals surface area (Å²) in [5, 5.41) is 10.2. The van der Waals surface area contributed by atoms with E-state index in [1.54, 1.807) is 12.1 Å². The Morgan fingerprint density at radius 2 is 1.70 bits per heavy atom. The molecule has 2 amide bonds. The Morgan fingerprint density at radius 3 is 2.37 bits per heavy atom. The van der Waals surface area contributed by atoms with E-state index in [-0.39, 0.29) is 37.8 Å². The van der Waals surface area contributed by atoms with Crippen LogP contribution in [-0.4, -0.2) is 21.2 Å². The molecule has 3 rings (SSSR count). The third-order valence-electron chi connectivity index (χ3n) is 3.67. The van der Waals surface area contributed by atoms with Crippen molar-refractivity contribution in [1.82, 2.24) is 4.90 Å². The predicted octanol–water partition coefficient (Wildman–Crippen LogP) is 6.90. The van der Waals surface area contributed by atoms with E-state index in [9.17, 15) is 14.7 Å². The van der Waals surface area contributed by atoms with Crippen molar-refractivity contribution in [2.75, 3.05) is 0 Å². The van der Waals surface area contributed by atoms with Gasteiger partial charge in [-0.15, -0.1) is 0 Å². The summed E-state index contributed by atoms with van der Waals surface area (Å²) in [5.41, 5.74) is 0.764. The number of imide groups is 1. The molecule has 27 heavy (non-hydrogen) atoms. The van der Waals surface area contributed by atoms with E-state index < -0.39 is 11.1 Å². The largest absolute Gasteiger partial charge is 0.505 e. The van der Waals surface area contributed by atoms with Gasteiger partial charge in [-0.05, 0) is 41.6 Å². The van der Waals surface area contributed by atoms with E-state index in [4.69, 9.17) is 58.0 Å². The summed E-state index contributed by atoms with van der Waals surface area (Å²) in [6, 6.07) is 6.09. The molecule has 1 heterocycles. The maximum atomic E-state index is 12.6. The minimum atomic E-state index is -0.530. The lowest BCUT2D eigenvalue weighted by Gasteiger charge is -2.13. The van der Waals surface area contributed by atoms with Gasteiger partial charge in [-0.2, -0.15) is 0 Å². The number of carbonyl (C=O) groups excluding carboxylic acids is 2. The molecular formula is C17H8Cl5NO3S. The Hall–Kier alpha value is -1.08. The Bertz CT molecular complexity index is 1010. The third-order valence-corrected chi connectivity index (χ3v) is 6.15. The van der Waals surface area contributed by atoms with Gasteiger partial charge in [0.25, 0.3) is 11.1 Å². The second-order valence-corrected chi connectivity index (χ2v) is 8.45. The molecular weight excluding hydrogens is 476 g/mol. The molecule has 1 saturated heterocycles. The van der Waals surface area contributed by atoms with Crippen molar-refractivity contribution >= 4 is 87.0 Å². The predicted molar refractivity (Wildman–Crippen MR) is 111 cm³/mol. The van der Waals surface area contributed by atoms with Crippen LogP contribution in [-0.2, 0) is 11.3 Å². The number of hydrogen-bond donors (Lipinski definition) is 1. The molecule has 2 aromatic carbocycles. The average Bonchev–Trinajstić information content (AvgIpc) is 2.86. The molecule has 0 bridgehead atoms. The number of hydrogen-bond acceptors (Lipinski definition) is 4. The van der Waals surface area contributed by atoms with Gasteiger partial charge in [0, 0.05) is 15.6 Å². The monoisotopic (exact) mass is 481 g/mol. The van der Waals surface area contributed by atoms with Gasteiger partial charge in [0.1, 0.15) is 0 Å². The molecule has 0 unspecified atom stereocenters. The van der Waals surface area contributed by atoms with E-state index in [1.807, 2.05) is 0 Å². The number of rotatable bonds is 3. The minimum absolute atomic E-state index is 0.00859. The summed E-state index contributed by atoms with van der Waals surface area (Å²) in [7, 11) is 0. The van der Waals surface area contributed by atoms with Crippen LogP contribution in [0.2, 0.25) is 25.1 Å². The van der Waals surface area contributed by atoms with E-state index in [2.05, 4.69) is 0 Å². The van der Waals surface area contributed by atoms with Crippen molar-refractivity contribution in [1.29, 1.82) is 0 Å². The maximum absolute atomic E-state index is 12.6. The van der Waals surface area contributed by atoms with Crippen LogP contribution in [0.1, 0.15) is 11.1 Å². The molecule has 140 valence electrons.